The number of unbranched alkanes of at least 4 members (excludes halogenated alkanes) is 10. The van der Waals surface area contributed by atoms with Crippen molar-refractivity contribution in [3.8, 4) is 22.6 Å². The van der Waals surface area contributed by atoms with Crippen LogP contribution in [-0.2, 0) is 6.42 Å². The summed E-state index contributed by atoms with van der Waals surface area (Å²) in [5.41, 5.74) is 3.65. The van der Waals surface area contributed by atoms with Crippen LogP contribution in [0.1, 0.15) is 83.1 Å². The summed E-state index contributed by atoms with van der Waals surface area (Å²) >= 11 is 0. The van der Waals surface area contributed by atoms with Gasteiger partial charge in [-0.2, -0.15) is 0 Å². The van der Waals surface area contributed by atoms with E-state index in [1.54, 1.807) is 0 Å². The molecule has 0 saturated carbocycles. The van der Waals surface area contributed by atoms with E-state index in [1.807, 2.05) is 0 Å². The van der Waals surface area contributed by atoms with Crippen LogP contribution in [0.5, 0.6) is 0 Å². The fourth-order valence-corrected chi connectivity index (χ4v) is 4.18. The van der Waals surface area contributed by atoms with Crippen molar-refractivity contribution in [2.45, 2.75) is 84.0 Å². The van der Waals surface area contributed by atoms with E-state index >= 15 is 0 Å². The van der Waals surface area contributed by atoms with Gasteiger partial charge in [-0.05, 0) is 42.7 Å². The van der Waals surface area contributed by atoms with E-state index in [4.69, 9.17) is 4.42 Å². The van der Waals surface area contributed by atoms with E-state index < -0.39 is 0 Å². The van der Waals surface area contributed by atoms with Crippen molar-refractivity contribution >= 4 is 0 Å². The zero-order valence-electron chi connectivity index (χ0n) is 19.3. The van der Waals surface area contributed by atoms with Gasteiger partial charge in [0.2, 0.25) is 0 Å². The third-order valence-corrected chi connectivity index (χ3v) is 6.04. The summed E-state index contributed by atoms with van der Waals surface area (Å²) in [7, 11) is 0. The first kappa shape index (κ1) is 23.3. The number of hydrogen-bond donors (Lipinski definition) is 0. The summed E-state index contributed by atoms with van der Waals surface area (Å²) in [6.07, 6.45) is 16.3. The Balaban J connectivity index is 1.50. The van der Waals surface area contributed by atoms with Gasteiger partial charge in [0.05, 0.1) is 11.1 Å². The summed E-state index contributed by atoms with van der Waals surface area (Å²) in [5, 5.41) is 0. The average molecular weight is 416 g/mol. The van der Waals surface area contributed by atoms with E-state index in [0.717, 1.165) is 29.1 Å². The van der Waals surface area contributed by atoms with Crippen molar-refractivity contribution in [2.24, 2.45) is 0 Å². The minimum absolute atomic E-state index is 0.958. The Kier molecular flexibility index (Phi) is 10.4. The van der Waals surface area contributed by atoms with Crippen molar-refractivity contribution in [3.05, 3.63) is 78.4 Å². The summed E-state index contributed by atoms with van der Waals surface area (Å²) in [4.78, 5) is 0. The SMILES string of the molecule is CCCCCCCCCCCCCc1cc(-c2ccccc2)[o+]c(-c2ccccc2)c1. The fourth-order valence-electron chi connectivity index (χ4n) is 4.18. The van der Waals surface area contributed by atoms with Crippen LogP contribution in [0.15, 0.2) is 77.2 Å². The van der Waals surface area contributed by atoms with E-state index in [0.29, 0.717) is 0 Å². The van der Waals surface area contributed by atoms with Gasteiger partial charge >= 0.3 is 11.5 Å². The van der Waals surface area contributed by atoms with Crippen molar-refractivity contribution in [2.75, 3.05) is 0 Å². The zero-order chi connectivity index (χ0) is 21.6. The molecule has 1 nitrogen and oxygen atoms in total. The van der Waals surface area contributed by atoms with E-state index in [9.17, 15) is 0 Å². The number of aryl methyl sites for hydroxylation is 1. The molecule has 0 aliphatic heterocycles. The Bertz CT molecular complexity index is 796. The predicted octanol–water partition coefficient (Wildman–Crippen LogP) is 9.75. The molecular weight excluding hydrogens is 376 g/mol. The molecule has 0 amide bonds. The van der Waals surface area contributed by atoms with Gasteiger partial charge in [-0.25, -0.2) is 4.42 Å². The van der Waals surface area contributed by atoms with Crippen LogP contribution in [0.25, 0.3) is 22.6 Å². The molecule has 31 heavy (non-hydrogen) atoms. The normalized spacial score (nSPS) is 11.0. The standard InChI is InChI=1S/C30H39O/c1-2-3-4-5-6-7-8-9-10-11-14-19-26-24-29(27-20-15-12-16-21-27)31-30(25-26)28-22-17-13-18-23-28/h12-13,15-18,20-25H,2-11,14,19H2,1H3/q+1. The number of rotatable bonds is 14. The second kappa shape index (κ2) is 13.8. The lowest BCUT2D eigenvalue weighted by Crippen LogP contribution is -1.91. The summed E-state index contributed by atoms with van der Waals surface area (Å²) in [6, 6.07) is 25.4. The first-order valence-corrected chi connectivity index (χ1v) is 12.4. The van der Waals surface area contributed by atoms with Gasteiger partial charge in [-0.3, -0.25) is 0 Å². The fraction of sp³-hybridized carbons (Fsp3) is 0.433. The molecule has 0 aliphatic rings. The highest BCUT2D eigenvalue weighted by molar-refractivity contribution is 5.64. The largest absolute Gasteiger partial charge is 0.361 e. The molecule has 3 rings (SSSR count). The molecule has 0 saturated heterocycles. The van der Waals surface area contributed by atoms with Gasteiger partial charge < -0.3 is 0 Å². The van der Waals surface area contributed by atoms with Gasteiger partial charge in [-0.1, -0.05) is 108 Å². The predicted molar refractivity (Wildman–Crippen MR) is 134 cm³/mol. The van der Waals surface area contributed by atoms with Crippen molar-refractivity contribution in [1.29, 1.82) is 0 Å². The summed E-state index contributed by atoms with van der Waals surface area (Å²) in [5.74, 6) is 1.92. The third-order valence-electron chi connectivity index (χ3n) is 6.04. The molecule has 1 aromatic heterocycles. The molecule has 1 heterocycles. The van der Waals surface area contributed by atoms with Crippen molar-refractivity contribution < 1.29 is 4.42 Å². The highest BCUT2D eigenvalue weighted by Gasteiger charge is 2.19. The summed E-state index contributed by atoms with van der Waals surface area (Å²) < 4.78 is 6.30. The molecule has 0 spiro atoms. The molecule has 0 aliphatic carbocycles. The maximum Gasteiger partial charge on any atom is 0.361 e. The van der Waals surface area contributed by atoms with Gasteiger partial charge in [0.15, 0.2) is 0 Å². The van der Waals surface area contributed by atoms with Crippen LogP contribution in [0.2, 0.25) is 0 Å². The Hall–Kier alpha value is -2.41. The van der Waals surface area contributed by atoms with Crippen LogP contribution in [0.4, 0.5) is 0 Å². The monoisotopic (exact) mass is 415 g/mol. The molecule has 0 radical (unpaired) electrons. The molecule has 0 bridgehead atoms. The first-order valence-electron chi connectivity index (χ1n) is 12.4. The van der Waals surface area contributed by atoms with Crippen molar-refractivity contribution in [1.82, 2.24) is 0 Å². The Labute approximate surface area is 189 Å². The van der Waals surface area contributed by atoms with Crippen LogP contribution in [-0.4, -0.2) is 0 Å². The van der Waals surface area contributed by atoms with E-state index in [-0.39, 0.29) is 0 Å². The van der Waals surface area contributed by atoms with E-state index in [1.165, 1.54) is 76.2 Å². The van der Waals surface area contributed by atoms with Gasteiger partial charge in [0.25, 0.3) is 0 Å². The lowest BCUT2D eigenvalue weighted by molar-refractivity contribution is 0.548. The van der Waals surface area contributed by atoms with Gasteiger partial charge in [0, 0.05) is 12.1 Å². The van der Waals surface area contributed by atoms with Crippen LogP contribution < -0.4 is 0 Å². The minimum Gasteiger partial charge on any atom is -0.207 e. The zero-order valence-corrected chi connectivity index (χ0v) is 19.3. The Morgan fingerprint density at radius 3 is 1.39 bits per heavy atom. The maximum absolute atomic E-state index is 6.30. The first-order chi connectivity index (χ1) is 15.4. The molecule has 0 unspecified atom stereocenters. The molecule has 0 fully saturated rings. The van der Waals surface area contributed by atoms with Gasteiger partial charge in [-0.15, -0.1) is 0 Å². The second-order valence-corrected chi connectivity index (χ2v) is 8.71. The van der Waals surface area contributed by atoms with Crippen LogP contribution >= 0.6 is 0 Å². The highest BCUT2D eigenvalue weighted by Crippen LogP contribution is 2.29. The lowest BCUT2D eigenvalue weighted by atomic mass is 10.0. The quantitative estimate of drug-likeness (QED) is 0.188. The van der Waals surface area contributed by atoms with Crippen LogP contribution in [0.3, 0.4) is 0 Å². The molecule has 0 atom stereocenters. The minimum atomic E-state index is 0.958. The number of benzene rings is 2. The second-order valence-electron chi connectivity index (χ2n) is 8.71. The molecule has 164 valence electrons. The topological polar surface area (TPSA) is 11.3 Å². The Morgan fingerprint density at radius 1 is 0.516 bits per heavy atom. The lowest BCUT2D eigenvalue weighted by Gasteiger charge is -2.04. The average Bonchev–Trinajstić information content (AvgIpc) is 2.83. The van der Waals surface area contributed by atoms with Crippen LogP contribution in [0, 0.1) is 0 Å². The smallest absolute Gasteiger partial charge is 0.207 e. The third kappa shape index (κ3) is 8.32. The maximum atomic E-state index is 6.30. The Morgan fingerprint density at radius 2 is 0.935 bits per heavy atom. The van der Waals surface area contributed by atoms with E-state index in [2.05, 4.69) is 79.7 Å². The molecule has 1 heteroatoms. The molecule has 3 aromatic rings. The highest BCUT2D eigenvalue weighted by atomic mass is 16.3. The van der Waals surface area contributed by atoms with Crippen molar-refractivity contribution in [3.63, 3.8) is 0 Å². The summed E-state index contributed by atoms with van der Waals surface area (Å²) in [6.45, 7) is 2.29. The molecular formula is C30H39O+. The molecule has 0 N–H and O–H groups in total. The van der Waals surface area contributed by atoms with Gasteiger partial charge in [0.1, 0.15) is 0 Å². The number of hydrogen-bond acceptors (Lipinski definition) is 0. The molecule has 2 aromatic carbocycles.